The molecule has 0 amide bonds. The molecule has 0 fully saturated rings. The van der Waals surface area contributed by atoms with Crippen LogP contribution in [0.4, 0.5) is 5.69 Å². The third kappa shape index (κ3) is 3.26. The number of hydrogen-bond donors (Lipinski definition) is 2. The molecule has 0 aliphatic carbocycles. The van der Waals surface area contributed by atoms with Crippen molar-refractivity contribution in [1.82, 2.24) is 0 Å². The standard InChI is InChI=1S/C17H18N2O2/c1-11-6-14(7-12(2)17(11)20)10-19-15-5-4-13(9-18)8-16(15)21-3/h4-8,19-20H,10H2,1-3H3. The number of anilines is 1. The highest BCUT2D eigenvalue weighted by Crippen LogP contribution is 2.27. The predicted molar refractivity (Wildman–Crippen MR) is 82.6 cm³/mol. The van der Waals surface area contributed by atoms with Gasteiger partial charge in [0, 0.05) is 12.6 Å². The molecule has 2 aromatic rings. The van der Waals surface area contributed by atoms with E-state index in [9.17, 15) is 5.11 Å². The number of ether oxygens (including phenoxy) is 1. The molecule has 0 aliphatic rings. The first-order valence-electron chi connectivity index (χ1n) is 6.66. The SMILES string of the molecule is COc1cc(C#N)ccc1NCc1cc(C)c(O)c(C)c1. The molecule has 0 bridgehead atoms. The van der Waals surface area contributed by atoms with E-state index < -0.39 is 0 Å². The van der Waals surface area contributed by atoms with Crippen molar-refractivity contribution in [2.75, 3.05) is 12.4 Å². The summed E-state index contributed by atoms with van der Waals surface area (Å²) >= 11 is 0. The molecule has 2 rings (SSSR count). The maximum atomic E-state index is 9.78. The fraction of sp³-hybridized carbons (Fsp3) is 0.235. The van der Waals surface area contributed by atoms with Crippen molar-refractivity contribution in [3.8, 4) is 17.6 Å². The zero-order chi connectivity index (χ0) is 15.4. The van der Waals surface area contributed by atoms with Crippen LogP contribution >= 0.6 is 0 Å². The Bertz CT molecular complexity index is 679. The molecule has 0 spiro atoms. The summed E-state index contributed by atoms with van der Waals surface area (Å²) in [6.45, 7) is 4.38. The number of phenolic OH excluding ortho intramolecular Hbond substituents is 1. The van der Waals surface area contributed by atoms with E-state index in [-0.39, 0.29) is 0 Å². The van der Waals surface area contributed by atoms with E-state index >= 15 is 0 Å². The second kappa shape index (κ2) is 6.19. The van der Waals surface area contributed by atoms with E-state index in [0.29, 0.717) is 23.6 Å². The third-order valence-electron chi connectivity index (χ3n) is 3.36. The number of hydrogen-bond acceptors (Lipinski definition) is 4. The Labute approximate surface area is 124 Å². The number of rotatable bonds is 4. The summed E-state index contributed by atoms with van der Waals surface area (Å²) in [5.41, 5.74) is 4.19. The van der Waals surface area contributed by atoms with Crippen molar-refractivity contribution in [3.05, 3.63) is 52.6 Å². The Morgan fingerprint density at radius 2 is 1.86 bits per heavy atom. The quantitative estimate of drug-likeness (QED) is 0.900. The Morgan fingerprint density at radius 3 is 2.43 bits per heavy atom. The van der Waals surface area contributed by atoms with Gasteiger partial charge in [-0.15, -0.1) is 0 Å². The number of nitrogens with one attached hydrogen (secondary N) is 1. The Kier molecular flexibility index (Phi) is 4.34. The van der Waals surface area contributed by atoms with Gasteiger partial charge in [0.15, 0.2) is 0 Å². The molecular formula is C17H18N2O2. The number of methoxy groups -OCH3 is 1. The monoisotopic (exact) mass is 282 g/mol. The van der Waals surface area contributed by atoms with Gasteiger partial charge < -0.3 is 15.2 Å². The van der Waals surface area contributed by atoms with Gasteiger partial charge in [-0.05, 0) is 42.7 Å². The van der Waals surface area contributed by atoms with Crippen molar-refractivity contribution >= 4 is 5.69 Å². The lowest BCUT2D eigenvalue weighted by molar-refractivity contribution is 0.416. The first-order chi connectivity index (χ1) is 10.0. The number of nitriles is 1. The van der Waals surface area contributed by atoms with E-state index in [0.717, 1.165) is 22.4 Å². The first kappa shape index (κ1) is 14.7. The molecule has 0 aliphatic heterocycles. The van der Waals surface area contributed by atoms with Gasteiger partial charge in [-0.1, -0.05) is 12.1 Å². The minimum Gasteiger partial charge on any atom is -0.507 e. The molecule has 0 atom stereocenters. The van der Waals surface area contributed by atoms with Crippen molar-refractivity contribution < 1.29 is 9.84 Å². The Morgan fingerprint density at radius 1 is 1.19 bits per heavy atom. The Balaban J connectivity index is 2.19. The second-order valence-corrected chi connectivity index (χ2v) is 4.96. The molecule has 4 heteroatoms. The van der Waals surface area contributed by atoms with Gasteiger partial charge in [-0.25, -0.2) is 0 Å². The first-order valence-corrected chi connectivity index (χ1v) is 6.66. The van der Waals surface area contributed by atoms with Crippen molar-refractivity contribution in [3.63, 3.8) is 0 Å². The van der Waals surface area contributed by atoms with Crippen LogP contribution in [0.5, 0.6) is 11.5 Å². The summed E-state index contributed by atoms with van der Waals surface area (Å²) in [5.74, 6) is 0.982. The van der Waals surface area contributed by atoms with E-state index in [4.69, 9.17) is 10.00 Å². The summed E-state index contributed by atoms with van der Waals surface area (Å²) in [5, 5.41) is 22.0. The fourth-order valence-corrected chi connectivity index (χ4v) is 2.25. The zero-order valence-corrected chi connectivity index (χ0v) is 12.4. The molecular weight excluding hydrogens is 264 g/mol. The number of aryl methyl sites for hydroxylation is 2. The van der Waals surface area contributed by atoms with Crippen LogP contribution in [0.1, 0.15) is 22.3 Å². The minimum absolute atomic E-state index is 0.342. The van der Waals surface area contributed by atoms with Crippen LogP contribution in [0.2, 0.25) is 0 Å². The van der Waals surface area contributed by atoms with E-state index in [1.807, 2.05) is 32.0 Å². The van der Waals surface area contributed by atoms with Crippen LogP contribution in [0, 0.1) is 25.2 Å². The maximum Gasteiger partial charge on any atom is 0.143 e. The number of benzene rings is 2. The topological polar surface area (TPSA) is 65.3 Å². The normalized spacial score (nSPS) is 10.0. The third-order valence-corrected chi connectivity index (χ3v) is 3.36. The summed E-state index contributed by atoms with van der Waals surface area (Å²) in [4.78, 5) is 0. The van der Waals surface area contributed by atoms with Crippen molar-refractivity contribution in [1.29, 1.82) is 5.26 Å². The lowest BCUT2D eigenvalue weighted by Gasteiger charge is -2.13. The molecule has 0 heterocycles. The van der Waals surface area contributed by atoms with Crippen LogP contribution in [0.25, 0.3) is 0 Å². The molecule has 0 saturated carbocycles. The molecule has 108 valence electrons. The van der Waals surface area contributed by atoms with Gasteiger partial charge in [-0.2, -0.15) is 5.26 Å². The van der Waals surface area contributed by atoms with E-state index in [2.05, 4.69) is 11.4 Å². The number of phenols is 1. The van der Waals surface area contributed by atoms with Gasteiger partial charge in [-0.3, -0.25) is 0 Å². The number of nitrogens with zero attached hydrogens (tertiary/aromatic N) is 1. The highest BCUT2D eigenvalue weighted by Gasteiger charge is 2.06. The van der Waals surface area contributed by atoms with Crippen LogP contribution < -0.4 is 10.1 Å². The molecule has 2 N–H and O–H groups in total. The smallest absolute Gasteiger partial charge is 0.143 e. The average molecular weight is 282 g/mol. The zero-order valence-electron chi connectivity index (χ0n) is 12.4. The molecule has 0 aromatic heterocycles. The predicted octanol–water partition coefficient (Wildman–Crippen LogP) is 3.50. The molecule has 0 saturated heterocycles. The molecule has 4 nitrogen and oxygen atoms in total. The summed E-state index contributed by atoms with van der Waals surface area (Å²) in [6.07, 6.45) is 0. The lowest BCUT2D eigenvalue weighted by Crippen LogP contribution is -2.02. The van der Waals surface area contributed by atoms with Gasteiger partial charge >= 0.3 is 0 Å². The largest absolute Gasteiger partial charge is 0.507 e. The lowest BCUT2D eigenvalue weighted by atomic mass is 10.1. The van der Waals surface area contributed by atoms with Crippen molar-refractivity contribution in [2.24, 2.45) is 0 Å². The van der Waals surface area contributed by atoms with Crippen molar-refractivity contribution in [2.45, 2.75) is 20.4 Å². The maximum absolute atomic E-state index is 9.78. The van der Waals surface area contributed by atoms with E-state index in [1.165, 1.54) is 0 Å². The van der Waals surface area contributed by atoms with Gasteiger partial charge in [0.1, 0.15) is 11.5 Å². The second-order valence-electron chi connectivity index (χ2n) is 4.96. The van der Waals surface area contributed by atoms with Gasteiger partial charge in [0.2, 0.25) is 0 Å². The minimum atomic E-state index is 0.342. The fourth-order valence-electron chi connectivity index (χ4n) is 2.25. The highest BCUT2D eigenvalue weighted by atomic mass is 16.5. The van der Waals surface area contributed by atoms with Crippen LogP contribution in [0.15, 0.2) is 30.3 Å². The molecule has 0 radical (unpaired) electrons. The highest BCUT2D eigenvalue weighted by molar-refractivity contribution is 5.59. The van der Waals surface area contributed by atoms with Gasteiger partial charge in [0.25, 0.3) is 0 Å². The van der Waals surface area contributed by atoms with Gasteiger partial charge in [0.05, 0.1) is 24.4 Å². The molecule has 2 aromatic carbocycles. The van der Waals surface area contributed by atoms with Crippen LogP contribution in [-0.4, -0.2) is 12.2 Å². The summed E-state index contributed by atoms with van der Waals surface area (Å²) in [7, 11) is 1.58. The Hall–Kier alpha value is -2.67. The van der Waals surface area contributed by atoms with E-state index in [1.54, 1.807) is 19.2 Å². The number of aromatic hydroxyl groups is 1. The van der Waals surface area contributed by atoms with Crippen LogP contribution in [-0.2, 0) is 6.54 Å². The average Bonchev–Trinajstić information content (AvgIpc) is 2.50. The molecule has 0 unspecified atom stereocenters. The summed E-state index contributed by atoms with van der Waals surface area (Å²) < 4.78 is 5.29. The summed E-state index contributed by atoms with van der Waals surface area (Å²) in [6, 6.07) is 11.3. The molecule has 21 heavy (non-hydrogen) atoms. The van der Waals surface area contributed by atoms with Crippen LogP contribution in [0.3, 0.4) is 0 Å².